The number of methoxy groups -OCH3 is 2. The second-order valence-electron chi connectivity index (χ2n) is 8.70. The van der Waals surface area contributed by atoms with E-state index in [1.165, 1.54) is 30.0 Å². The lowest BCUT2D eigenvalue weighted by atomic mass is 9.96. The molecule has 0 radical (unpaired) electrons. The Balaban J connectivity index is 1.33. The molecule has 0 saturated carbocycles. The number of hydrogen-bond donors (Lipinski definition) is 3. The Labute approximate surface area is 215 Å². The van der Waals surface area contributed by atoms with Crippen LogP contribution in [0.1, 0.15) is 25.8 Å². The highest BCUT2D eigenvalue weighted by Gasteiger charge is 2.64. The molecule has 3 heterocycles. The Morgan fingerprint density at radius 1 is 1.28 bits per heavy atom. The standard InChI is InChI=1S/C22H25N5O7S2/c1-22(2)16(20(31)32)27-18(30)15(19(27)36-22)24-14(28)8-13-17(29)25-21(35-13)26-23-9-10-5-6-11(33-3)7-12(10)34-4/h5-7,9,13,15-16,19H,8H2,1-4H3,(H,24,28)(H,31,32)(H,25,26,29). The first kappa shape index (κ1) is 25.8. The minimum absolute atomic E-state index is 0.168. The zero-order valence-electron chi connectivity index (χ0n) is 19.9. The number of amides is 3. The van der Waals surface area contributed by atoms with Gasteiger partial charge in [-0.3, -0.25) is 14.4 Å². The maximum absolute atomic E-state index is 12.6. The van der Waals surface area contributed by atoms with Crippen molar-refractivity contribution in [3.05, 3.63) is 23.8 Å². The summed E-state index contributed by atoms with van der Waals surface area (Å²) >= 11 is 2.40. The minimum Gasteiger partial charge on any atom is -0.497 e. The van der Waals surface area contributed by atoms with Gasteiger partial charge in [0.1, 0.15) is 34.2 Å². The van der Waals surface area contributed by atoms with E-state index in [2.05, 4.69) is 20.8 Å². The molecule has 1 aromatic carbocycles. The lowest BCUT2D eigenvalue weighted by Gasteiger charge is -2.43. The molecular formula is C22H25N5O7S2. The predicted molar refractivity (Wildman–Crippen MR) is 134 cm³/mol. The van der Waals surface area contributed by atoms with Crippen molar-refractivity contribution >= 4 is 58.6 Å². The number of amidine groups is 1. The van der Waals surface area contributed by atoms with Crippen LogP contribution in [0.5, 0.6) is 11.5 Å². The summed E-state index contributed by atoms with van der Waals surface area (Å²) in [6.07, 6.45) is 1.30. The Bertz CT molecular complexity index is 1170. The van der Waals surface area contributed by atoms with Crippen LogP contribution in [-0.4, -0.2) is 86.8 Å². The summed E-state index contributed by atoms with van der Waals surface area (Å²) in [6, 6.07) is 3.42. The van der Waals surface area contributed by atoms with Crippen molar-refractivity contribution in [3.63, 3.8) is 0 Å². The van der Waals surface area contributed by atoms with Crippen LogP contribution >= 0.6 is 23.5 Å². The van der Waals surface area contributed by atoms with Gasteiger partial charge in [-0.15, -0.1) is 16.9 Å². The number of rotatable bonds is 8. The van der Waals surface area contributed by atoms with E-state index in [9.17, 15) is 24.3 Å². The summed E-state index contributed by atoms with van der Waals surface area (Å²) in [5.74, 6) is -1.22. The SMILES string of the molecule is COc1ccc(C=NN=C2NC(=O)C(CC(=O)NC3C(=O)N4C3SC(C)(C)C4C(=O)O)S2)c(OC)c1. The predicted octanol–water partition coefficient (Wildman–Crippen LogP) is 0.647. The number of thioether (sulfide) groups is 2. The van der Waals surface area contributed by atoms with Crippen LogP contribution in [0.4, 0.5) is 0 Å². The van der Waals surface area contributed by atoms with Crippen molar-refractivity contribution in [1.29, 1.82) is 0 Å². The van der Waals surface area contributed by atoms with Crippen molar-refractivity contribution < 1.29 is 33.8 Å². The first-order valence-corrected chi connectivity index (χ1v) is 12.6. The molecule has 0 aromatic heterocycles. The third-order valence-electron chi connectivity index (χ3n) is 5.92. The van der Waals surface area contributed by atoms with Gasteiger partial charge in [0.2, 0.25) is 17.7 Å². The number of nitrogens with zero attached hydrogens (tertiary/aromatic N) is 3. The van der Waals surface area contributed by atoms with E-state index in [-0.39, 0.29) is 11.6 Å². The number of hydrogen-bond acceptors (Lipinski definition) is 10. The third-order valence-corrected chi connectivity index (χ3v) is 8.57. The Morgan fingerprint density at radius 2 is 2.03 bits per heavy atom. The van der Waals surface area contributed by atoms with Crippen molar-refractivity contribution in [2.75, 3.05) is 14.2 Å². The van der Waals surface area contributed by atoms with Gasteiger partial charge in [-0.1, -0.05) is 11.8 Å². The number of carboxylic acids is 1. The number of ether oxygens (including phenoxy) is 2. The highest BCUT2D eigenvalue weighted by Crippen LogP contribution is 2.50. The van der Waals surface area contributed by atoms with Crippen molar-refractivity contribution in [1.82, 2.24) is 15.5 Å². The fourth-order valence-electron chi connectivity index (χ4n) is 4.20. The van der Waals surface area contributed by atoms with Crippen LogP contribution in [0.25, 0.3) is 0 Å². The quantitative estimate of drug-likeness (QED) is 0.247. The highest BCUT2D eigenvalue weighted by atomic mass is 32.2. The van der Waals surface area contributed by atoms with E-state index in [4.69, 9.17) is 9.47 Å². The van der Waals surface area contributed by atoms with Crippen LogP contribution < -0.4 is 20.1 Å². The van der Waals surface area contributed by atoms with Gasteiger partial charge in [0, 0.05) is 22.8 Å². The van der Waals surface area contributed by atoms with Gasteiger partial charge in [0.05, 0.1) is 20.4 Å². The fraction of sp³-hybridized carbons (Fsp3) is 0.455. The molecule has 36 heavy (non-hydrogen) atoms. The number of carbonyl (C=O) groups is 4. The molecular weight excluding hydrogens is 510 g/mol. The summed E-state index contributed by atoms with van der Waals surface area (Å²) in [5, 5.41) is 21.8. The Hall–Kier alpha value is -3.26. The molecule has 0 spiro atoms. The van der Waals surface area contributed by atoms with E-state index in [1.54, 1.807) is 39.2 Å². The molecule has 3 fully saturated rings. The maximum atomic E-state index is 12.6. The van der Waals surface area contributed by atoms with Gasteiger partial charge in [-0.25, -0.2) is 4.79 Å². The third kappa shape index (κ3) is 4.87. The highest BCUT2D eigenvalue weighted by molar-refractivity contribution is 8.15. The van der Waals surface area contributed by atoms with Crippen LogP contribution in [0.2, 0.25) is 0 Å². The molecule has 3 amide bonds. The first-order chi connectivity index (χ1) is 17.1. The normalized spacial score (nSPS) is 27.6. The number of nitrogens with one attached hydrogen (secondary N) is 2. The second kappa shape index (κ2) is 10.0. The van der Waals surface area contributed by atoms with E-state index >= 15 is 0 Å². The van der Waals surface area contributed by atoms with Crippen LogP contribution in [0, 0.1) is 0 Å². The summed E-state index contributed by atoms with van der Waals surface area (Å²) < 4.78 is 9.77. The average molecular weight is 536 g/mol. The Kier molecular flexibility index (Phi) is 7.18. The van der Waals surface area contributed by atoms with Gasteiger partial charge in [0.15, 0.2) is 5.17 Å². The molecule has 192 valence electrons. The largest absolute Gasteiger partial charge is 0.497 e. The van der Waals surface area contributed by atoms with Crippen molar-refractivity contribution in [3.8, 4) is 11.5 Å². The number of aliphatic carboxylic acids is 1. The molecule has 0 aliphatic carbocycles. The Morgan fingerprint density at radius 3 is 2.69 bits per heavy atom. The minimum atomic E-state index is -1.08. The monoisotopic (exact) mass is 535 g/mol. The number of carboxylic acid groups (broad SMARTS) is 1. The van der Waals surface area contributed by atoms with Crippen LogP contribution in [0.15, 0.2) is 28.4 Å². The van der Waals surface area contributed by atoms with Gasteiger partial charge < -0.3 is 30.1 Å². The zero-order valence-corrected chi connectivity index (χ0v) is 21.5. The lowest BCUT2D eigenvalue weighted by Crippen LogP contribution is -2.70. The molecule has 3 aliphatic heterocycles. The molecule has 12 nitrogen and oxygen atoms in total. The molecule has 0 bridgehead atoms. The maximum Gasteiger partial charge on any atom is 0.327 e. The summed E-state index contributed by atoms with van der Waals surface area (Å²) in [6.45, 7) is 3.52. The van der Waals surface area contributed by atoms with E-state index in [1.807, 2.05) is 0 Å². The summed E-state index contributed by atoms with van der Waals surface area (Å²) in [5.41, 5.74) is 0.658. The van der Waals surface area contributed by atoms with Gasteiger partial charge in [-0.05, 0) is 26.0 Å². The molecule has 14 heteroatoms. The van der Waals surface area contributed by atoms with Crippen LogP contribution in [0.3, 0.4) is 0 Å². The zero-order chi connectivity index (χ0) is 26.2. The molecule has 3 aliphatic rings. The van der Waals surface area contributed by atoms with E-state index in [0.717, 1.165) is 11.8 Å². The smallest absolute Gasteiger partial charge is 0.327 e. The summed E-state index contributed by atoms with van der Waals surface area (Å²) in [4.78, 5) is 50.4. The number of benzene rings is 1. The summed E-state index contributed by atoms with van der Waals surface area (Å²) in [7, 11) is 3.07. The van der Waals surface area contributed by atoms with Gasteiger partial charge in [-0.2, -0.15) is 5.10 Å². The average Bonchev–Trinajstić information content (AvgIpc) is 3.30. The number of carbonyl (C=O) groups excluding carboxylic acids is 3. The van der Waals surface area contributed by atoms with Crippen molar-refractivity contribution in [2.24, 2.45) is 10.2 Å². The van der Waals surface area contributed by atoms with Gasteiger partial charge >= 0.3 is 5.97 Å². The van der Waals surface area contributed by atoms with E-state index < -0.39 is 51.1 Å². The molecule has 4 atom stereocenters. The second-order valence-corrected chi connectivity index (χ2v) is 11.7. The lowest BCUT2D eigenvalue weighted by molar-refractivity contribution is -0.161. The first-order valence-electron chi connectivity index (χ1n) is 10.9. The molecule has 3 N–H and O–H groups in total. The van der Waals surface area contributed by atoms with E-state index in [0.29, 0.717) is 17.1 Å². The fourth-order valence-corrected chi connectivity index (χ4v) is 6.75. The number of fused-ring (bicyclic) bond motifs is 1. The molecule has 4 unspecified atom stereocenters. The molecule has 1 aromatic rings. The number of β-lactam (4-membered cyclic amide) rings is 1. The topological polar surface area (TPSA) is 159 Å². The van der Waals surface area contributed by atoms with Crippen molar-refractivity contribution in [2.45, 2.75) is 47.7 Å². The molecule has 4 rings (SSSR count). The van der Waals surface area contributed by atoms with Gasteiger partial charge in [0.25, 0.3) is 0 Å². The molecule has 3 saturated heterocycles. The van der Waals surface area contributed by atoms with Crippen LogP contribution in [-0.2, 0) is 19.2 Å².